The first-order valence-electron chi connectivity index (χ1n) is 23.8. The van der Waals surface area contributed by atoms with Gasteiger partial charge in [0.05, 0.1) is 38.4 Å². The van der Waals surface area contributed by atoms with E-state index in [0.29, 0.717) is 44.9 Å². The number of carboxylic acid groups (broad SMARTS) is 1. The van der Waals surface area contributed by atoms with Crippen LogP contribution in [0.5, 0.6) is 0 Å². The molecule has 1 saturated heterocycles. The molecule has 6 N–H and O–H groups in total. The summed E-state index contributed by atoms with van der Waals surface area (Å²) >= 11 is 0. The van der Waals surface area contributed by atoms with Crippen molar-refractivity contribution in [1.29, 1.82) is 0 Å². The topological polar surface area (TPSA) is 245 Å². The number of amides is 1. The van der Waals surface area contributed by atoms with E-state index in [4.69, 9.17) is 28.8 Å². The Hall–Kier alpha value is -2.89. The lowest BCUT2D eigenvalue weighted by Gasteiger charge is -2.40. The molecule has 1 aliphatic heterocycles. The molecule has 0 aromatic heterocycles. The molecule has 0 aromatic rings. The Morgan fingerprint density at radius 1 is 0.516 bits per heavy atom. The van der Waals surface area contributed by atoms with Crippen molar-refractivity contribution in [3.63, 3.8) is 0 Å². The van der Waals surface area contributed by atoms with E-state index in [1.165, 1.54) is 0 Å². The van der Waals surface area contributed by atoms with Crippen molar-refractivity contribution in [2.75, 3.05) is 13.2 Å². The molecular weight excluding hydrogens is 806 g/mol. The lowest BCUT2D eigenvalue weighted by atomic mass is 9.99. The van der Waals surface area contributed by atoms with Crippen LogP contribution in [0.15, 0.2) is 0 Å². The van der Waals surface area contributed by atoms with Gasteiger partial charge in [-0.1, -0.05) is 124 Å². The summed E-state index contributed by atoms with van der Waals surface area (Å²) in [6, 6.07) is 0. The summed E-state index contributed by atoms with van der Waals surface area (Å²) in [5.74, 6) is -3.65. The summed E-state index contributed by atoms with van der Waals surface area (Å²) in [6.45, 7) is 7.17. The van der Waals surface area contributed by atoms with E-state index in [2.05, 4.69) is 26.1 Å². The molecule has 1 aliphatic rings. The number of unbranched alkanes of at least 4 members (excludes halogenated alkanes) is 14. The normalized spacial score (nSPS) is 20.7. The Balaban J connectivity index is 3.12. The number of carbonyl (C=O) groups is 5. The molecule has 0 bridgehead atoms. The maximum atomic E-state index is 13.6. The van der Waals surface area contributed by atoms with Crippen molar-refractivity contribution in [1.82, 2.24) is 5.32 Å². The average molecular weight is 890 g/mol. The van der Waals surface area contributed by atoms with Crippen molar-refractivity contribution < 1.29 is 73.2 Å². The van der Waals surface area contributed by atoms with E-state index < -0.39 is 98.1 Å². The molecule has 362 valence electrons. The monoisotopic (exact) mass is 890 g/mol. The van der Waals surface area contributed by atoms with Gasteiger partial charge in [0.25, 0.3) is 0 Å². The molecule has 0 saturated carbocycles. The third-order valence-electron chi connectivity index (χ3n) is 11.1. The molecule has 1 fully saturated rings. The van der Waals surface area contributed by atoms with Gasteiger partial charge in [0, 0.05) is 0 Å². The molecule has 9 atom stereocenters. The maximum Gasteiger partial charge on any atom is 0.322 e. The molecule has 0 radical (unpaired) electrons. The van der Waals surface area contributed by atoms with Crippen molar-refractivity contribution in [2.24, 2.45) is 0 Å². The van der Waals surface area contributed by atoms with E-state index in [1.54, 1.807) is 0 Å². The lowest BCUT2D eigenvalue weighted by Crippen LogP contribution is -2.59. The number of hydrogen-bond donors (Lipinski definition) is 6. The summed E-state index contributed by atoms with van der Waals surface area (Å²) in [6.07, 6.45) is 6.46. The molecule has 1 rings (SSSR count). The van der Waals surface area contributed by atoms with Gasteiger partial charge in [0.1, 0.15) is 49.3 Å². The highest BCUT2D eigenvalue weighted by atomic mass is 16.7. The van der Waals surface area contributed by atoms with Crippen LogP contribution in [0.2, 0.25) is 0 Å². The molecule has 0 spiro atoms. The van der Waals surface area contributed by atoms with Crippen LogP contribution in [0.4, 0.5) is 0 Å². The second kappa shape index (κ2) is 35.5. The van der Waals surface area contributed by atoms with Gasteiger partial charge in [0.2, 0.25) is 5.91 Å². The van der Waals surface area contributed by atoms with Crippen LogP contribution in [0.25, 0.3) is 0 Å². The minimum absolute atomic E-state index is 0.189. The third kappa shape index (κ3) is 26.7. The molecule has 1 heterocycles. The molecule has 0 aromatic carbocycles. The summed E-state index contributed by atoms with van der Waals surface area (Å²) in [5, 5.41) is 52.2. The number of aliphatic carboxylic acids is 1. The molecule has 16 heteroatoms. The molecule has 16 nitrogen and oxygen atoms in total. The average Bonchev–Trinajstić information content (AvgIpc) is 3.22. The number of ether oxygens (including phenoxy) is 5. The zero-order valence-corrected chi connectivity index (χ0v) is 38.3. The minimum atomic E-state index is -1.64. The van der Waals surface area contributed by atoms with E-state index in [9.17, 15) is 44.4 Å². The molecular formula is C46H83NO15. The molecule has 62 heavy (non-hydrogen) atoms. The first kappa shape index (κ1) is 57.1. The highest BCUT2D eigenvalue weighted by Gasteiger charge is 2.45. The molecule has 0 aliphatic carbocycles. The number of rotatable bonds is 38. The van der Waals surface area contributed by atoms with Crippen LogP contribution < -0.4 is 5.32 Å². The number of aliphatic hydroxyl groups is 4. The van der Waals surface area contributed by atoms with E-state index >= 15 is 0 Å². The highest BCUT2D eigenvalue weighted by Crippen LogP contribution is 2.26. The Labute approximate surface area is 370 Å². The molecule has 1 amide bonds. The van der Waals surface area contributed by atoms with Gasteiger partial charge >= 0.3 is 23.9 Å². The second-order valence-electron chi connectivity index (χ2n) is 16.9. The van der Waals surface area contributed by atoms with Gasteiger partial charge < -0.3 is 54.5 Å². The van der Waals surface area contributed by atoms with Gasteiger partial charge in [-0.3, -0.25) is 24.0 Å². The third-order valence-corrected chi connectivity index (χ3v) is 11.1. The van der Waals surface area contributed by atoms with Crippen molar-refractivity contribution in [3.05, 3.63) is 0 Å². The van der Waals surface area contributed by atoms with E-state index in [1.807, 2.05) is 6.92 Å². The van der Waals surface area contributed by atoms with Crippen LogP contribution in [0.1, 0.15) is 195 Å². The largest absolute Gasteiger partial charge is 0.480 e. The SMILES string of the molecule is CCCCCCC[C@H](CC(=O)NCC(=O)O)OC(=O)C[C@@H](CCCCC)OC(=O)C[C@@H](CCCCCCC)OC(=O)C[C@@H](CCCCCCC)O[C@@H]1O[C@H](CO)[C@@H](O)[C@H](O)[C@H]1O. The fourth-order valence-electron chi connectivity index (χ4n) is 7.46. The number of hydrogen-bond acceptors (Lipinski definition) is 14. The Morgan fingerprint density at radius 3 is 1.31 bits per heavy atom. The van der Waals surface area contributed by atoms with Gasteiger partial charge in [-0.25, -0.2) is 0 Å². The first-order valence-corrected chi connectivity index (χ1v) is 23.8. The predicted molar refractivity (Wildman–Crippen MR) is 232 cm³/mol. The number of aliphatic hydroxyl groups excluding tert-OH is 4. The number of carbonyl (C=O) groups excluding carboxylic acids is 4. The minimum Gasteiger partial charge on any atom is -0.480 e. The second-order valence-corrected chi connectivity index (χ2v) is 16.9. The summed E-state index contributed by atoms with van der Waals surface area (Å²) in [7, 11) is 0. The predicted octanol–water partition coefficient (Wildman–Crippen LogP) is 6.33. The van der Waals surface area contributed by atoms with Crippen molar-refractivity contribution in [3.8, 4) is 0 Å². The van der Waals surface area contributed by atoms with Crippen LogP contribution in [0.3, 0.4) is 0 Å². The Kier molecular flexibility index (Phi) is 32.7. The van der Waals surface area contributed by atoms with Crippen LogP contribution in [0, 0.1) is 0 Å². The number of esters is 3. The Bertz CT molecular complexity index is 1220. The van der Waals surface area contributed by atoms with Gasteiger partial charge in [-0.15, -0.1) is 0 Å². The zero-order chi connectivity index (χ0) is 46.1. The number of carboxylic acids is 1. The van der Waals surface area contributed by atoms with Crippen LogP contribution >= 0.6 is 0 Å². The maximum absolute atomic E-state index is 13.6. The zero-order valence-electron chi connectivity index (χ0n) is 38.3. The van der Waals surface area contributed by atoms with Crippen LogP contribution in [-0.4, -0.2) is 124 Å². The fourth-order valence-corrected chi connectivity index (χ4v) is 7.46. The first-order chi connectivity index (χ1) is 29.8. The summed E-state index contributed by atoms with van der Waals surface area (Å²) in [4.78, 5) is 64.0. The summed E-state index contributed by atoms with van der Waals surface area (Å²) in [5.41, 5.74) is 0. The number of nitrogens with one attached hydrogen (secondary N) is 1. The van der Waals surface area contributed by atoms with E-state index in [-0.39, 0.29) is 25.7 Å². The van der Waals surface area contributed by atoms with E-state index in [0.717, 1.165) is 96.3 Å². The standard InChI is InChI=1S/C46H83NO15/c1-5-9-13-16-20-24-33(27-38(49)47-31-39(50)51)58-40(52)28-34(23-19-12-8-4)59-41(53)29-35(25-21-17-14-10-6-2)60-42(54)30-36(26-22-18-15-11-7-3)61-46-45(57)44(56)43(55)37(32-48)62-46/h33-37,43-46,48,55-57H,5-32H2,1-4H3,(H,47,49)(H,50,51)/t33-,34-,35-,36-,37-,43-,44+,45-,46-/m1/s1. The highest BCUT2D eigenvalue weighted by molar-refractivity contribution is 5.81. The molecule has 0 unspecified atom stereocenters. The van der Waals surface area contributed by atoms with Crippen molar-refractivity contribution in [2.45, 2.75) is 250 Å². The fraction of sp³-hybridized carbons (Fsp3) is 0.891. The van der Waals surface area contributed by atoms with Gasteiger partial charge in [-0.2, -0.15) is 0 Å². The van der Waals surface area contributed by atoms with Crippen molar-refractivity contribution >= 4 is 29.8 Å². The Morgan fingerprint density at radius 2 is 0.887 bits per heavy atom. The van der Waals surface area contributed by atoms with Crippen LogP contribution in [-0.2, 0) is 47.7 Å². The smallest absolute Gasteiger partial charge is 0.322 e. The lowest BCUT2D eigenvalue weighted by molar-refractivity contribution is -0.312. The summed E-state index contributed by atoms with van der Waals surface area (Å²) < 4.78 is 29.2. The van der Waals surface area contributed by atoms with Gasteiger partial charge in [-0.05, 0) is 44.9 Å². The quantitative estimate of drug-likeness (QED) is 0.0225. The van der Waals surface area contributed by atoms with Gasteiger partial charge in [0.15, 0.2) is 6.29 Å².